The van der Waals surface area contributed by atoms with Gasteiger partial charge in [-0.05, 0) is 33.3 Å². The number of thioether (sulfide) groups is 1. The molecule has 2 aromatic heterocycles. The van der Waals surface area contributed by atoms with Crippen molar-refractivity contribution in [1.82, 2.24) is 14.9 Å². The van der Waals surface area contributed by atoms with Crippen LogP contribution in [0.1, 0.15) is 30.1 Å². The van der Waals surface area contributed by atoms with Crippen LogP contribution in [-0.4, -0.2) is 50.2 Å². The average molecular weight is 383 g/mol. The Hall–Kier alpha value is -1.87. The molecule has 0 saturated carbocycles. The summed E-state index contributed by atoms with van der Waals surface area (Å²) in [6.07, 6.45) is 0. The van der Waals surface area contributed by atoms with E-state index < -0.39 is 17.3 Å². The number of likely N-dealkylation sites (N-methyl/N-ethyl adjacent to an activating group) is 1. The van der Waals surface area contributed by atoms with Crippen molar-refractivity contribution in [2.45, 2.75) is 44.7 Å². The van der Waals surface area contributed by atoms with Crippen molar-refractivity contribution in [2.75, 3.05) is 7.05 Å². The maximum Gasteiger partial charge on any atom is 0.326 e. The third-order valence-corrected chi connectivity index (χ3v) is 6.43. The molecular formula is C16H21N3O4S2. The van der Waals surface area contributed by atoms with Gasteiger partial charge in [-0.3, -0.25) is 9.59 Å². The van der Waals surface area contributed by atoms with E-state index in [1.807, 2.05) is 13.8 Å². The van der Waals surface area contributed by atoms with Gasteiger partial charge in [0.15, 0.2) is 0 Å². The first-order valence-electron chi connectivity index (χ1n) is 7.73. The topological polar surface area (TPSA) is 103 Å². The number of nitrogens with one attached hydrogen (secondary N) is 1. The lowest BCUT2D eigenvalue weighted by atomic mass is 10.2. The van der Waals surface area contributed by atoms with E-state index in [4.69, 9.17) is 5.11 Å². The second-order valence-electron chi connectivity index (χ2n) is 5.89. The number of carbonyl (C=O) groups is 2. The molecule has 7 nitrogen and oxygen atoms in total. The van der Waals surface area contributed by atoms with Crippen LogP contribution in [0.15, 0.2) is 4.79 Å². The first-order chi connectivity index (χ1) is 11.6. The van der Waals surface area contributed by atoms with Crippen molar-refractivity contribution in [1.29, 1.82) is 0 Å². The van der Waals surface area contributed by atoms with Gasteiger partial charge in [0.1, 0.15) is 16.7 Å². The maximum atomic E-state index is 12.3. The van der Waals surface area contributed by atoms with Gasteiger partial charge in [0, 0.05) is 11.9 Å². The fraction of sp³-hybridized carbons (Fsp3) is 0.500. The molecule has 9 heteroatoms. The molecule has 2 heterocycles. The Labute approximate surface area is 153 Å². The van der Waals surface area contributed by atoms with E-state index in [0.29, 0.717) is 21.8 Å². The normalized spacial score (nSPS) is 13.6. The highest BCUT2D eigenvalue weighted by Crippen LogP contribution is 2.26. The van der Waals surface area contributed by atoms with Crippen LogP contribution >= 0.6 is 23.1 Å². The number of hydrogen-bond donors (Lipinski definition) is 2. The minimum absolute atomic E-state index is 0.168. The number of aromatic amines is 1. The van der Waals surface area contributed by atoms with E-state index in [1.165, 1.54) is 42.0 Å². The molecule has 2 atom stereocenters. The molecule has 136 valence electrons. The monoisotopic (exact) mass is 383 g/mol. The van der Waals surface area contributed by atoms with Crippen LogP contribution in [0.3, 0.4) is 0 Å². The molecule has 0 spiro atoms. The van der Waals surface area contributed by atoms with Crippen LogP contribution in [-0.2, 0) is 15.3 Å². The summed E-state index contributed by atoms with van der Waals surface area (Å²) in [7, 11) is 1.47. The minimum atomic E-state index is -1.05. The van der Waals surface area contributed by atoms with E-state index in [1.54, 1.807) is 6.92 Å². The first-order valence-corrected chi connectivity index (χ1v) is 9.60. The molecule has 0 aliphatic carbocycles. The SMILES string of the molecule is Cc1sc2nc(CSC(C)C(=O)N(C)C(C)C(=O)O)[nH]c(=O)c2c1C. The van der Waals surface area contributed by atoms with Crippen LogP contribution in [0.4, 0.5) is 0 Å². The quantitative estimate of drug-likeness (QED) is 0.792. The third-order valence-electron chi connectivity index (χ3n) is 4.19. The van der Waals surface area contributed by atoms with Gasteiger partial charge >= 0.3 is 5.97 Å². The summed E-state index contributed by atoms with van der Waals surface area (Å²) < 4.78 is 0. The summed E-state index contributed by atoms with van der Waals surface area (Å²) in [5.74, 6) is -0.444. The summed E-state index contributed by atoms with van der Waals surface area (Å²) >= 11 is 2.79. The zero-order chi connectivity index (χ0) is 18.9. The lowest BCUT2D eigenvalue weighted by Crippen LogP contribution is -2.43. The summed E-state index contributed by atoms with van der Waals surface area (Å²) in [4.78, 5) is 45.7. The number of H-pyrrole nitrogens is 1. The maximum absolute atomic E-state index is 12.3. The molecule has 2 N–H and O–H groups in total. The Kier molecular flexibility index (Phi) is 5.89. The number of rotatable bonds is 6. The Balaban J connectivity index is 2.11. The van der Waals surface area contributed by atoms with Gasteiger partial charge < -0.3 is 15.0 Å². The summed E-state index contributed by atoms with van der Waals surface area (Å²) in [5.41, 5.74) is 0.777. The van der Waals surface area contributed by atoms with Gasteiger partial charge in [0.2, 0.25) is 5.91 Å². The molecule has 2 unspecified atom stereocenters. The van der Waals surface area contributed by atoms with Gasteiger partial charge in [-0.1, -0.05) is 0 Å². The third kappa shape index (κ3) is 4.04. The van der Waals surface area contributed by atoms with Crippen molar-refractivity contribution in [3.05, 3.63) is 26.6 Å². The van der Waals surface area contributed by atoms with Crippen LogP contribution in [0.5, 0.6) is 0 Å². The highest BCUT2D eigenvalue weighted by atomic mass is 32.2. The molecule has 0 bridgehead atoms. The van der Waals surface area contributed by atoms with Gasteiger partial charge in [-0.2, -0.15) is 0 Å². The fourth-order valence-electron chi connectivity index (χ4n) is 2.29. The number of aliphatic carboxylic acids is 1. The van der Waals surface area contributed by atoms with E-state index in [0.717, 1.165) is 10.4 Å². The smallest absolute Gasteiger partial charge is 0.326 e. The molecule has 0 aromatic carbocycles. The Morgan fingerprint density at radius 3 is 2.60 bits per heavy atom. The Morgan fingerprint density at radius 2 is 2.00 bits per heavy atom. The standard InChI is InChI=1S/C16H21N3O4S2/c1-7-9(3)25-14-12(7)13(20)17-11(18-14)6-24-10(4)15(21)19(5)8(2)16(22)23/h8,10H,6H2,1-5H3,(H,22,23)(H,17,18,20). The minimum Gasteiger partial charge on any atom is -0.480 e. The molecule has 2 rings (SSSR count). The van der Waals surface area contributed by atoms with Crippen molar-refractivity contribution < 1.29 is 14.7 Å². The van der Waals surface area contributed by atoms with Crippen molar-refractivity contribution in [2.24, 2.45) is 0 Å². The molecule has 1 amide bonds. The molecule has 0 aliphatic heterocycles. The lowest BCUT2D eigenvalue weighted by molar-refractivity contribution is -0.147. The number of carboxylic acid groups (broad SMARTS) is 1. The van der Waals surface area contributed by atoms with Crippen LogP contribution in [0.2, 0.25) is 0 Å². The molecule has 0 radical (unpaired) electrons. The molecule has 25 heavy (non-hydrogen) atoms. The second kappa shape index (κ2) is 7.57. The zero-order valence-corrected chi connectivity index (χ0v) is 16.4. The van der Waals surface area contributed by atoms with Gasteiger partial charge in [0.05, 0.1) is 16.4 Å². The summed E-state index contributed by atoms with van der Waals surface area (Å²) in [6, 6.07) is -0.887. The fourth-order valence-corrected chi connectivity index (χ4v) is 4.19. The van der Waals surface area contributed by atoms with E-state index >= 15 is 0 Å². The van der Waals surface area contributed by atoms with Gasteiger partial charge in [-0.25, -0.2) is 9.78 Å². The number of hydrogen-bond acceptors (Lipinski definition) is 6. The van der Waals surface area contributed by atoms with Crippen LogP contribution in [0.25, 0.3) is 10.2 Å². The zero-order valence-electron chi connectivity index (χ0n) is 14.7. The van der Waals surface area contributed by atoms with Crippen LogP contribution < -0.4 is 5.56 Å². The van der Waals surface area contributed by atoms with Crippen molar-refractivity contribution in [3.8, 4) is 0 Å². The molecule has 2 aromatic rings. The number of aromatic nitrogens is 2. The number of fused-ring (bicyclic) bond motifs is 1. The van der Waals surface area contributed by atoms with E-state index in [-0.39, 0.29) is 11.5 Å². The molecule has 0 fully saturated rings. The highest BCUT2D eigenvalue weighted by Gasteiger charge is 2.26. The van der Waals surface area contributed by atoms with E-state index in [9.17, 15) is 14.4 Å². The number of nitrogens with zero attached hydrogens (tertiary/aromatic N) is 2. The van der Waals surface area contributed by atoms with E-state index in [2.05, 4.69) is 9.97 Å². The van der Waals surface area contributed by atoms with Crippen molar-refractivity contribution in [3.63, 3.8) is 0 Å². The molecule has 0 aliphatic rings. The predicted octanol–water partition coefficient (Wildman–Crippen LogP) is 2.15. The Morgan fingerprint density at radius 1 is 1.36 bits per heavy atom. The summed E-state index contributed by atoms with van der Waals surface area (Å²) in [6.45, 7) is 7.04. The Bertz CT molecular complexity index is 874. The highest BCUT2D eigenvalue weighted by molar-refractivity contribution is 7.99. The second-order valence-corrected chi connectivity index (χ2v) is 8.42. The number of aryl methyl sites for hydroxylation is 2. The molecule has 0 saturated heterocycles. The van der Waals surface area contributed by atoms with Crippen LogP contribution in [0, 0.1) is 13.8 Å². The number of amides is 1. The predicted molar refractivity (Wildman–Crippen MR) is 100 cm³/mol. The largest absolute Gasteiger partial charge is 0.480 e. The number of thiophene rings is 1. The van der Waals surface area contributed by atoms with Gasteiger partial charge in [-0.15, -0.1) is 23.1 Å². The first kappa shape index (κ1) is 19.5. The van der Waals surface area contributed by atoms with Crippen molar-refractivity contribution >= 4 is 45.2 Å². The number of carboxylic acids is 1. The molecular weight excluding hydrogens is 362 g/mol. The average Bonchev–Trinajstić information content (AvgIpc) is 2.85. The van der Waals surface area contributed by atoms with Gasteiger partial charge in [0.25, 0.3) is 5.56 Å². The lowest BCUT2D eigenvalue weighted by Gasteiger charge is -2.24. The summed E-state index contributed by atoms with van der Waals surface area (Å²) in [5, 5.41) is 9.17. The number of carbonyl (C=O) groups excluding carboxylic acids is 1.